The van der Waals surface area contributed by atoms with Gasteiger partial charge in [0.05, 0.1) is 11.9 Å². The van der Waals surface area contributed by atoms with E-state index >= 15 is 0 Å². The summed E-state index contributed by atoms with van der Waals surface area (Å²) in [5, 5.41) is 3.25. The highest BCUT2D eigenvalue weighted by atomic mass is 35.5. The number of hydrogen-bond donors (Lipinski definition) is 1. The molecule has 2 aromatic rings. The fourth-order valence-corrected chi connectivity index (χ4v) is 4.21. The van der Waals surface area contributed by atoms with Gasteiger partial charge in [0.25, 0.3) is 0 Å². The van der Waals surface area contributed by atoms with Gasteiger partial charge in [-0.15, -0.1) is 0 Å². The number of nitrogens with zero attached hydrogens (tertiary/aromatic N) is 2. The van der Waals surface area contributed by atoms with Gasteiger partial charge in [0.2, 0.25) is 21.8 Å². The molecule has 0 radical (unpaired) electrons. The quantitative estimate of drug-likeness (QED) is 0.546. The molecule has 0 fully saturated rings. The number of anilines is 1. The lowest BCUT2D eigenvalue weighted by molar-refractivity contribution is -0.139. The molecule has 0 aliphatic carbocycles. The summed E-state index contributed by atoms with van der Waals surface area (Å²) in [7, 11) is -3.78. The van der Waals surface area contributed by atoms with Crippen LogP contribution in [0.4, 0.5) is 5.69 Å². The van der Waals surface area contributed by atoms with Crippen molar-refractivity contribution in [1.82, 2.24) is 10.2 Å². The monoisotopic (exact) mass is 493 g/mol. The molecule has 33 heavy (non-hydrogen) atoms. The summed E-state index contributed by atoms with van der Waals surface area (Å²) in [4.78, 5) is 27.7. The number of benzene rings is 2. The van der Waals surface area contributed by atoms with Crippen LogP contribution in [0.25, 0.3) is 0 Å². The molecule has 0 aliphatic rings. The van der Waals surface area contributed by atoms with Crippen molar-refractivity contribution in [3.05, 3.63) is 64.7 Å². The summed E-state index contributed by atoms with van der Waals surface area (Å²) in [6.07, 6.45) is 1.78. The van der Waals surface area contributed by atoms with E-state index in [1.54, 1.807) is 25.1 Å². The molecule has 1 N–H and O–H groups in total. The van der Waals surface area contributed by atoms with Crippen molar-refractivity contribution < 1.29 is 18.0 Å². The zero-order valence-corrected chi connectivity index (χ0v) is 21.3. The summed E-state index contributed by atoms with van der Waals surface area (Å²) in [5.74, 6) is -0.786. The number of carbonyl (C=O) groups excluding carboxylic acids is 2. The van der Waals surface area contributed by atoms with Crippen molar-refractivity contribution in [2.24, 2.45) is 0 Å². The van der Waals surface area contributed by atoms with Crippen LogP contribution in [0.2, 0.25) is 5.02 Å². The molecule has 2 rings (SSSR count). The van der Waals surface area contributed by atoms with E-state index in [0.717, 1.165) is 28.1 Å². The molecule has 2 atom stereocenters. The molecular formula is C24H32ClN3O4S. The average molecular weight is 494 g/mol. The van der Waals surface area contributed by atoms with Crippen LogP contribution in [0, 0.1) is 6.92 Å². The van der Waals surface area contributed by atoms with Gasteiger partial charge in [0, 0.05) is 17.6 Å². The molecule has 0 saturated heterocycles. The van der Waals surface area contributed by atoms with Gasteiger partial charge in [-0.1, -0.05) is 54.4 Å². The highest BCUT2D eigenvalue weighted by molar-refractivity contribution is 7.92. The summed E-state index contributed by atoms with van der Waals surface area (Å²) in [5.41, 5.74) is 2.19. The Morgan fingerprint density at radius 1 is 1.09 bits per heavy atom. The van der Waals surface area contributed by atoms with Crippen LogP contribution in [0.3, 0.4) is 0 Å². The minimum atomic E-state index is -3.78. The van der Waals surface area contributed by atoms with Crippen molar-refractivity contribution in [2.45, 2.75) is 52.7 Å². The number of nitrogens with one attached hydrogen (secondary N) is 1. The Kier molecular flexibility index (Phi) is 9.31. The highest BCUT2D eigenvalue weighted by Crippen LogP contribution is 2.22. The second-order valence-corrected chi connectivity index (χ2v) is 10.6. The summed E-state index contributed by atoms with van der Waals surface area (Å²) in [6, 6.07) is 13.1. The maximum absolute atomic E-state index is 13.4. The van der Waals surface area contributed by atoms with Crippen LogP contribution in [0.1, 0.15) is 38.3 Å². The third kappa shape index (κ3) is 7.75. The summed E-state index contributed by atoms with van der Waals surface area (Å²) in [6.45, 7) is 7.17. The molecule has 2 aromatic carbocycles. The lowest BCUT2D eigenvalue weighted by Gasteiger charge is -2.32. The Balaban J connectivity index is 2.37. The van der Waals surface area contributed by atoms with E-state index in [1.807, 2.05) is 45.0 Å². The van der Waals surface area contributed by atoms with E-state index < -0.39 is 28.5 Å². The second kappa shape index (κ2) is 11.5. The molecule has 2 amide bonds. The minimum Gasteiger partial charge on any atom is -0.352 e. The number of carbonyl (C=O) groups is 2. The molecule has 0 aliphatic heterocycles. The second-order valence-electron chi connectivity index (χ2n) is 8.25. The van der Waals surface area contributed by atoms with Crippen molar-refractivity contribution >= 4 is 39.1 Å². The first-order chi connectivity index (χ1) is 15.4. The van der Waals surface area contributed by atoms with E-state index in [-0.39, 0.29) is 24.2 Å². The molecule has 180 valence electrons. The smallest absolute Gasteiger partial charge is 0.244 e. The molecule has 0 saturated carbocycles. The largest absolute Gasteiger partial charge is 0.352 e. The number of rotatable bonds is 10. The predicted octanol–water partition coefficient (Wildman–Crippen LogP) is 3.75. The Morgan fingerprint density at radius 2 is 1.73 bits per heavy atom. The van der Waals surface area contributed by atoms with Crippen LogP contribution in [-0.4, -0.2) is 50.0 Å². The zero-order chi connectivity index (χ0) is 24.8. The van der Waals surface area contributed by atoms with Gasteiger partial charge in [-0.3, -0.25) is 13.9 Å². The molecule has 0 bridgehead atoms. The number of halogens is 1. The maximum atomic E-state index is 13.4. The van der Waals surface area contributed by atoms with Crippen LogP contribution < -0.4 is 9.62 Å². The van der Waals surface area contributed by atoms with Crippen molar-refractivity contribution in [3.63, 3.8) is 0 Å². The van der Waals surface area contributed by atoms with Gasteiger partial charge >= 0.3 is 0 Å². The Labute approximate surface area is 201 Å². The lowest BCUT2D eigenvalue weighted by Crippen LogP contribution is -2.52. The molecule has 9 heteroatoms. The van der Waals surface area contributed by atoms with Gasteiger partial charge in [-0.25, -0.2) is 8.42 Å². The lowest BCUT2D eigenvalue weighted by atomic mass is 10.1. The number of hydrogen-bond acceptors (Lipinski definition) is 4. The Bertz CT molecular complexity index is 1070. The van der Waals surface area contributed by atoms with Gasteiger partial charge < -0.3 is 10.2 Å². The number of sulfonamides is 1. The normalized spacial score (nSPS) is 13.2. The summed E-state index contributed by atoms with van der Waals surface area (Å²) >= 11 is 6.04. The number of amides is 2. The molecule has 0 heterocycles. The summed E-state index contributed by atoms with van der Waals surface area (Å²) < 4.78 is 26.0. The third-order valence-corrected chi connectivity index (χ3v) is 6.79. The van der Waals surface area contributed by atoms with E-state index in [4.69, 9.17) is 11.6 Å². The fraction of sp³-hybridized carbons (Fsp3) is 0.417. The van der Waals surface area contributed by atoms with Crippen LogP contribution in [0.15, 0.2) is 48.5 Å². The minimum absolute atomic E-state index is 0.0461. The first-order valence-electron chi connectivity index (χ1n) is 10.8. The van der Waals surface area contributed by atoms with E-state index in [1.165, 1.54) is 11.0 Å². The van der Waals surface area contributed by atoms with Crippen molar-refractivity contribution in [2.75, 3.05) is 17.1 Å². The van der Waals surface area contributed by atoms with Gasteiger partial charge in [-0.05, 0) is 51.0 Å². The molecule has 0 aromatic heterocycles. The topological polar surface area (TPSA) is 86.8 Å². The van der Waals surface area contributed by atoms with Crippen LogP contribution >= 0.6 is 11.6 Å². The Morgan fingerprint density at radius 3 is 2.27 bits per heavy atom. The Hall–Kier alpha value is -2.58. The zero-order valence-electron chi connectivity index (χ0n) is 19.7. The molecular weight excluding hydrogens is 462 g/mol. The van der Waals surface area contributed by atoms with Crippen LogP contribution in [0.5, 0.6) is 0 Å². The highest BCUT2D eigenvalue weighted by Gasteiger charge is 2.30. The fourth-order valence-electron chi connectivity index (χ4n) is 3.18. The SMILES string of the molecule is CCC(C)NC(=O)C(C)N(Cc1ccc(C)cc1)C(=O)CN(c1cccc(Cl)c1)S(C)(=O)=O. The number of aryl methyl sites for hydroxylation is 1. The molecule has 7 nitrogen and oxygen atoms in total. The first-order valence-corrected chi connectivity index (χ1v) is 13.0. The van der Waals surface area contributed by atoms with Crippen molar-refractivity contribution in [1.29, 1.82) is 0 Å². The van der Waals surface area contributed by atoms with Gasteiger partial charge in [0.15, 0.2) is 0 Å². The van der Waals surface area contributed by atoms with Crippen LogP contribution in [-0.2, 0) is 26.2 Å². The third-order valence-electron chi connectivity index (χ3n) is 5.42. The first kappa shape index (κ1) is 26.7. The molecule has 0 spiro atoms. The van der Waals surface area contributed by atoms with E-state index in [0.29, 0.717) is 5.02 Å². The van der Waals surface area contributed by atoms with E-state index in [9.17, 15) is 18.0 Å². The van der Waals surface area contributed by atoms with E-state index in [2.05, 4.69) is 5.32 Å². The van der Waals surface area contributed by atoms with Gasteiger partial charge in [0.1, 0.15) is 12.6 Å². The average Bonchev–Trinajstić information content (AvgIpc) is 2.75. The predicted molar refractivity (Wildman–Crippen MR) is 133 cm³/mol. The molecule has 2 unspecified atom stereocenters. The van der Waals surface area contributed by atoms with Crippen molar-refractivity contribution in [3.8, 4) is 0 Å². The van der Waals surface area contributed by atoms with Gasteiger partial charge in [-0.2, -0.15) is 0 Å². The maximum Gasteiger partial charge on any atom is 0.244 e. The standard InChI is InChI=1S/C24H32ClN3O4S/c1-6-18(3)26-24(30)19(4)27(15-20-12-10-17(2)11-13-20)23(29)16-28(33(5,31)32)22-9-7-8-21(25)14-22/h7-14,18-19H,6,15-16H2,1-5H3,(H,26,30).